The summed E-state index contributed by atoms with van der Waals surface area (Å²) in [7, 11) is 0. The van der Waals surface area contributed by atoms with Gasteiger partial charge in [0, 0.05) is 20.9 Å². The second kappa shape index (κ2) is 8.13. The highest BCUT2D eigenvalue weighted by molar-refractivity contribution is 9.10. The van der Waals surface area contributed by atoms with Gasteiger partial charge in [0.2, 0.25) is 0 Å². The molecule has 0 saturated heterocycles. The Hall–Kier alpha value is -3.43. The zero-order valence-electron chi connectivity index (χ0n) is 15.0. The van der Waals surface area contributed by atoms with E-state index in [-0.39, 0.29) is 27.8 Å². The van der Waals surface area contributed by atoms with Crippen LogP contribution in [-0.4, -0.2) is 17.0 Å². The second-order valence-corrected chi connectivity index (χ2v) is 7.46. The minimum atomic E-state index is -0.538. The van der Waals surface area contributed by atoms with Crippen LogP contribution in [0.4, 0.5) is 5.69 Å². The number of hydrazone groups is 1. The highest BCUT2D eigenvalue weighted by Crippen LogP contribution is 2.33. The fourth-order valence-corrected chi connectivity index (χ4v) is 3.31. The molecule has 0 spiro atoms. The van der Waals surface area contributed by atoms with E-state index < -0.39 is 10.8 Å². The van der Waals surface area contributed by atoms with Gasteiger partial charge < -0.3 is 8.83 Å². The van der Waals surface area contributed by atoms with Crippen LogP contribution in [0.2, 0.25) is 5.02 Å². The summed E-state index contributed by atoms with van der Waals surface area (Å²) in [5.41, 5.74) is 3.03. The van der Waals surface area contributed by atoms with Crippen LogP contribution in [-0.2, 0) is 0 Å². The third kappa shape index (κ3) is 4.12. The molecule has 8 nitrogen and oxygen atoms in total. The molecule has 2 aromatic carbocycles. The highest BCUT2D eigenvalue weighted by Gasteiger charge is 2.18. The van der Waals surface area contributed by atoms with Crippen molar-refractivity contribution in [3.8, 4) is 11.3 Å². The van der Waals surface area contributed by atoms with Crippen LogP contribution in [0.5, 0.6) is 0 Å². The largest absolute Gasteiger partial charge is 0.455 e. The van der Waals surface area contributed by atoms with E-state index >= 15 is 0 Å². The number of hydrogen-bond acceptors (Lipinski definition) is 6. The topological polar surface area (TPSA) is 111 Å². The van der Waals surface area contributed by atoms with Crippen LogP contribution in [0, 0.1) is 10.1 Å². The summed E-state index contributed by atoms with van der Waals surface area (Å²) in [6, 6.07) is 14.4. The molecule has 10 heteroatoms. The van der Waals surface area contributed by atoms with E-state index in [4.69, 9.17) is 20.4 Å². The van der Waals surface area contributed by atoms with E-state index in [2.05, 4.69) is 26.5 Å². The summed E-state index contributed by atoms with van der Waals surface area (Å²) in [5.74, 6) is 0.146. The number of nitro groups is 1. The zero-order chi connectivity index (χ0) is 21.3. The number of fused-ring (bicyclic) bond motifs is 1. The maximum absolute atomic E-state index is 12.2. The zero-order valence-corrected chi connectivity index (χ0v) is 17.3. The molecule has 30 heavy (non-hydrogen) atoms. The minimum absolute atomic E-state index is 0.108. The number of nitrogens with one attached hydrogen (secondary N) is 1. The molecule has 0 fully saturated rings. The van der Waals surface area contributed by atoms with Crippen molar-refractivity contribution < 1.29 is 18.6 Å². The molecular formula is C20H11BrClN3O5. The molecule has 2 aromatic heterocycles. The van der Waals surface area contributed by atoms with E-state index in [1.54, 1.807) is 24.3 Å². The Balaban J connectivity index is 1.48. The summed E-state index contributed by atoms with van der Waals surface area (Å²) in [6.45, 7) is 0. The first-order chi connectivity index (χ1) is 14.4. The molecule has 0 aliphatic carbocycles. The Bertz CT molecular complexity index is 1310. The summed E-state index contributed by atoms with van der Waals surface area (Å²) >= 11 is 9.19. The van der Waals surface area contributed by atoms with Gasteiger partial charge in [0.1, 0.15) is 17.1 Å². The Kier molecular flexibility index (Phi) is 5.39. The molecule has 1 N–H and O–H groups in total. The lowest BCUT2D eigenvalue weighted by Gasteiger charge is -2.00. The fourth-order valence-electron chi connectivity index (χ4n) is 2.77. The van der Waals surface area contributed by atoms with Crippen molar-refractivity contribution in [1.29, 1.82) is 0 Å². The van der Waals surface area contributed by atoms with E-state index in [0.717, 1.165) is 9.86 Å². The lowest BCUT2D eigenvalue weighted by atomic mass is 10.1. The first-order valence-electron chi connectivity index (χ1n) is 8.47. The van der Waals surface area contributed by atoms with Gasteiger partial charge in [-0.3, -0.25) is 14.9 Å². The molecule has 0 aliphatic heterocycles. The van der Waals surface area contributed by atoms with Crippen molar-refractivity contribution in [2.75, 3.05) is 0 Å². The van der Waals surface area contributed by atoms with Gasteiger partial charge in [-0.25, -0.2) is 5.43 Å². The van der Waals surface area contributed by atoms with Crippen LogP contribution in [0.1, 0.15) is 16.3 Å². The first kappa shape index (κ1) is 19.9. The monoisotopic (exact) mass is 487 g/mol. The second-order valence-electron chi connectivity index (χ2n) is 6.11. The summed E-state index contributed by atoms with van der Waals surface area (Å²) < 4.78 is 11.9. The number of nitrogens with zero attached hydrogens (tertiary/aromatic N) is 2. The lowest BCUT2D eigenvalue weighted by Crippen LogP contribution is -2.16. The predicted octanol–water partition coefficient (Wildman–Crippen LogP) is 5.78. The molecule has 1 amide bonds. The van der Waals surface area contributed by atoms with Crippen molar-refractivity contribution in [1.82, 2.24) is 5.43 Å². The van der Waals surface area contributed by atoms with Crippen LogP contribution in [0.3, 0.4) is 0 Å². The van der Waals surface area contributed by atoms with Gasteiger partial charge in [-0.2, -0.15) is 5.10 Å². The Labute approximate surface area is 182 Å². The number of carbonyl (C=O) groups excluding carboxylic acids is 1. The van der Waals surface area contributed by atoms with Crippen LogP contribution in [0.15, 0.2) is 73.0 Å². The third-order valence-corrected chi connectivity index (χ3v) is 4.84. The molecular weight excluding hydrogens is 478 g/mol. The number of amides is 1. The van der Waals surface area contributed by atoms with Gasteiger partial charge in [0.05, 0.1) is 16.7 Å². The molecule has 0 unspecified atom stereocenters. The SMILES string of the molecule is O=C(N/N=C/c1ccc(-c2ccc(Cl)cc2[N+](=O)[O-])o1)c1cc2cc(Br)ccc2o1. The molecule has 4 rings (SSSR count). The van der Waals surface area contributed by atoms with Gasteiger partial charge in [-0.1, -0.05) is 27.5 Å². The van der Waals surface area contributed by atoms with E-state index in [1.165, 1.54) is 24.4 Å². The summed E-state index contributed by atoms with van der Waals surface area (Å²) in [4.78, 5) is 22.9. The van der Waals surface area contributed by atoms with Crippen molar-refractivity contribution >= 4 is 56.3 Å². The van der Waals surface area contributed by atoms with Crippen LogP contribution < -0.4 is 5.43 Å². The number of halogens is 2. The van der Waals surface area contributed by atoms with Gasteiger partial charge in [-0.15, -0.1) is 0 Å². The standard InChI is InChI=1S/C20H11BrClN3O5/c21-12-1-5-17-11(7-12)8-19(30-17)20(26)24-23-10-14-3-6-18(29-14)15-4-2-13(22)9-16(15)25(27)28/h1-10H,(H,24,26)/b23-10+. The Morgan fingerprint density at radius 2 is 1.97 bits per heavy atom. The number of nitro benzene ring substituents is 1. The Morgan fingerprint density at radius 1 is 1.13 bits per heavy atom. The van der Waals surface area contributed by atoms with Crippen molar-refractivity contribution in [2.45, 2.75) is 0 Å². The smallest absolute Gasteiger partial charge is 0.307 e. The van der Waals surface area contributed by atoms with E-state index in [0.29, 0.717) is 11.3 Å². The van der Waals surface area contributed by atoms with Gasteiger partial charge in [0.15, 0.2) is 5.76 Å². The molecule has 0 bridgehead atoms. The summed E-state index contributed by atoms with van der Waals surface area (Å²) in [6.07, 6.45) is 1.28. The van der Waals surface area contributed by atoms with Crippen LogP contribution >= 0.6 is 27.5 Å². The predicted molar refractivity (Wildman–Crippen MR) is 115 cm³/mol. The number of hydrogen-bond donors (Lipinski definition) is 1. The highest BCUT2D eigenvalue weighted by atomic mass is 79.9. The van der Waals surface area contributed by atoms with Gasteiger partial charge >= 0.3 is 5.91 Å². The molecule has 150 valence electrons. The number of furan rings is 2. The van der Waals surface area contributed by atoms with Crippen molar-refractivity contribution in [3.05, 3.63) is 85.7 Å². The Morgan fingerprint density at radius 3 is 2.77 bits per heavy atom. The molecule has 4 aromatic rings. The number of carbonyl (C=O) groups is 1. The minimum Gasteiger partial charge on any atom is -0.455 e. The maximum Gasteiger partial charge on any atom is 0.307 e. The average molecular weight is 489 g/mol. The third-order valence-electron chi connectivity index (χ3n) is 4.11. The quantitative estimate of drug-likeness (QED) is 0.217. The van der Waals surface area contributed by atoms with Gasteiger partial charge in [0.25, 0.3) is 5.69 Å². The molecule has 0 aliphatic rings. The molecule has 0 atom stereocenters. The van der Waals surface area contributed by atoms with Gasteiger partial charge in [-0.05, 0) is 48.5 Å². The first-order valence-corrected chi connectivity index (χ1v) is 9.64. The van der Waals surface area contributed by atoms with Crippen molar-refractivity contribution in [3.63, 3.8) is 0 Å². The molecule has 0 radical (unpaired) electrons. The van der Waals surface area contributed by atoms with Crippen LogP contribution in [0.25, 0.3) is 22.3 Å². The molecule has 2 heterocycles. The van der Waals surface area contributed by atoms with E-state index in [1.807, 2.05) is 12.1 Å². The average Bonchev–Trinajstić information content (AvgIpc) is 3.34. The lowest BCUT2D eigenvalue weighted by molar-refractivity contribution is -0.384. The molecule has 0 saturated carbocycles. The number of benzene rings is 2. The number of rotatable bonds is 5. The summed E-state index contributed by atoms with van der Waals surface area (Å²) in [5, 5.41) is 16.1. The van der Waals surface area contributed by atoms with Crippen molar-refractivity contribution in [2.24, 2.45) is 5.10 Å². The maximum atomic E-state index is 12.2. The normalized spacial score (nSPS) is 11.3. The fraction of sp³-hybridized carbons (Fsp3) is 0. The van der Waals surface area contributed by atoms with E-state index in [9.17, 15) is 14.9 Å².